The van der Waals surface area contributed by atoms with E-state index in [1.165, 1.54) is 0 Å². The minimum Gasteiger partial charge on any atom is -0.394 e. The molecule has 82 valence electrons. The van der Waals surface area contributed by atoms with E-state index in [0.29, 0.717) is 5.02 Å². The van der Waals surface area contributed by atoms with E-state index in [2.05, 4.69) is 5.32 Å². The number of benzene rings is 1. The van der Waals surface area contributed by atoms with Crippen LogP contribution in [0.1, 0.15) is 12.5 Å². The molecule has 0 fully saturated rings. The quantitative estimate of drug-likeness (QED) is 0.817. The summed E-state index contributed by atoms with van der Waals surface area (Å²) in [5.41, 5.74) is 0.866. The van der Waals surface area contributed by atoms with Crippen LogP contribution in [0.5, 0.6) is 0 Å². The van der Waals surface area contributed by atoms with Crippen molar-refractivity contribution in [1.29, 1.82) is 0 Å². The molecule has 0 bridgehead atoms. The van der Waals surface area contributed by atoms with Crippen molar-refractivity contribution < 1.29 is 9.90 Å². The molecule has 0 aliphatic rings. The molecule has 0 radical (unpaired) electrons. The molecule has 1 aromatic rings. The van der Waals surface area contributed by atoms with Gasteiger partial charge in [0.2, 0.25) is 5.91 Å². The Morgan fingerprint density at radius 3 is 2.93 bits per heavy atom. The number of hydrogen-bond donors (Lipinski definition) is 2. The first-order valence-electron chi connectivity index (χ1n) is 4.76. The second kappa shape index (κ2) is 5.73. The van der Waals surface area contributed by atoms with Gasteiger partial charge >= 0.3 is 0 Å². The second-order valence-electron chi connectivity index (χ2n) is 3.46. The Bertz CT molecular complexity index is 341. The summed E-state index contributed by atoms with van der Waals surface area (Å²) in [6.07, 6.45) is 0.283. The van der Waals surface area contributed by atoms with Gasteiger partial charge in [-0.15, -0.1) is 0 Å². The Labute approximate surface area is 94.1 Å². The van der Waals surface area contributed by atoms with Crippen LogP contribution in [0.15, 0.2) is 24.3 Å². The molecule has 0 spiro atoms. The number of carbonyl (C=O) groups is 1. The smallest absolute Gasteiger partial charge is 0.224 e. The Morgan fingerprint density at radius 1 is 1.60 bits per heavy atom. The molecule has 1 amide bonds. The lowest BCUT2D eigenvalue weighted by molar-refractivity contribution is -0.121. The van der Waals surface area contributed by atoms with E-state index < -0.39 is 0 Å². The highest BCUT2D eigenvalue weighted by Gasteiger charge is 2.06. The number of hydrogen-bond acceptors (Lipinski definition) is 2. The maximum Gasteiger partial charge on any atom is 0.224 e. The normalized spacial score (nSPS) is 12.2. The van der Waals surface area contributed by atoms with Gasteiger partial charge in [0.1, 0.15) is 0 Å². The van der Waals surface area contributed by atoms with Crippen LogP contribution in [0.3, 0.4) is 0 Å². The molecule has 0 aliphatic heterocycles. The zero-order chi connectivity index (χ0) is 11.3. The fourth-order valence-corrected chi connectivity index (χ4v) is 1.42. The van der Waals surface area contributed by atoms with Crippen LogP contribution in [0, 0.1) is 0 Å². The van der Waals surface area contributed by atoms with Crippen LogP contribution in [-0.2, 0) is 11.2 Å². The average Bonchev–Trinajstić information content (AvgIpc) is 2.17. The van der Waals surface area contributed by atoms with Gasteiger partial charge in [0.25, 0.3) is 0 Å². The summed E-state index contributed by atoms with van der Waals surface area (Å²) in [6.45, 7) is 1.69. The summed E-state index contributed by atoms with van der Waals surface area (Å²) in [6, 6.07) is 6.95. The average molecular weight is 228 g/mol. The Morgan fingerprint density at radius 2 is 2.33 bits per heavy atom. The molecule has 0 aromatic heterocycles. The summed E-state index contributed by atoms with van der Waals surface area (Å²) >= 11 is 5.79. The molecule has 0 saturated heterocycles. The molecule has 2 N–H and O–H groups in total. The fourth-order valence-electron chi connectivity index (χ4n) is 1.20. The fraction of sp³-hybridized carbons (Fsp3) is 0.364. The van der Waals surface area contributed by atoms with Gasteiger partial charge in [-0.05, 0) is 24.6 Å². The van der Waals surface area contributed by atoms with Crippen molar-refractivity contribution >= 4 is 17.5 Å². The number of nitrogens with one attached hydrogen (secondary N) is 1. The van der Waals surface area contributed by atoms with Crippen LogP contribution < -0.4 is 5.32 Å². The van der Waals surface area contributed by atoms with Crippen molar-refractivity contribution in [3.63, 3.8) is 0 Å². The molecule has 3 nitrogen and oxygen atoms in total. The van der Waals surface area contributed by atoms with Crippen LogP contribution in [0.4, 0.5) is 0 Å². The Hall–Kier alpha value is -1.06. The van der Waals surface area contributed by atoms with Crippen LogP contribution in [-0.4, -0.2) is 23.7 Å². The highest BCUT2D eigenvalue weighted by atomic mass is 35.5. The van der Waals surface area contributed by atoms with Gasteiger partial charge in [0.05, 0.1) is 13.0 Å². The number of halogens is 1. The molecule has 0 heterocycles. The van der Waals surface area contributed by atoms with Gasteiger partial charge < -0.3 is 10.4 Å². The highest BCUT2D eigenvalue weighted by Crippen LogP contribution is 2.10. The van der Waals surface area contributed by atoms with E-state index in [1.54, 1.807) is 25.1 Å². The highest BCUT2D eigenvalue weighted by molar-refractivity contribution is 6.30. The first-order valence-corrected chi connectivity index (χ1v) is 5.14. The summed E-state index contributed by atoms with van der Waals surface area (Å²) in [5, 5.41) is 12.0. The SMILES string of the molecule is C[C@@H](CO)NC(=O)Cc1cccc(Cl)c1. The van der Waals surface area contributed by atoms with Gasteiger partial charge in [-0.1, -0.05) is 23.7 Å². The molecule has 0 saturated carbocycles. The predicted octanol–water partition coefficient (Wildman–Crippen LogP) is 1.38. The van der Waals surface area contributed by atoms with Crippen molar-refractivity contribution in [3.8, 4) is 0 Å². The number of rotatable bonds is 4. The van der Waals surface area contributed by atoms with Gasteiger partial charge in [-0.2, -0.15) is 0 Å². The predicted molar refractivity (Wildman–Crippen MR) is 59.8 cm³/mol. The lowest BCUT2D eigenvalue weighted by Gasteiger charge is -2.10. The van der Waals surface area contributed by atoms with Gasteiger partial charge in [-0.3, -0.25) is 4.79 Å². The van der Waals surface area contributed by atoms with E-state index in [4.69, 9.17) is 16.7 Å². The van der Waals surface area contributed by atoms with Gasteiger partial charge in [0, 0.05) is 11.1 Å². The van der Waals surface area contributed by atoms with Crippen LogP contribution in [0.25, 0.3) is 0 Å². The molecular weight excluding hydrogens is 214 g/mol. The lowest BCUT2D eigenvalue weighted by Crippen LogP contribution is -2.35. The molecule has 1 rings (SSSR count). The third-order valence-electron chi connectivity index (χ3n) is 1.93. The van der Waals surface area contributed by atoms with Crippen molar-refractivity contribution in [2.75, 3.05) is 6.61 Å². The van der Waals surface area contributed by atoms with Crippen LogP contribution >= 0.6 is 11.6 Å². The standard InChI is InChI=1S/C11H14ClNO2/c1-8(7-14)13-11(15)6-9-3-2-4-10(12)5-9/h2-5,8,14H,6-7H2,1H3,(H,13,15)/t8-/m0/s1. The maximum atomic E-state index is 11.4. The molecule has 0 unspecified atom stereocenters. The summed E-state index contributed by atoms with van der Waals surface area (Å²) in [7, 11) is 0. The third kappa shape index (κ3) is 4.32. The molecule has 15 heavy (non-hydrogen) atoms. The Kier molecular flexibility index (Phi) is 4.59. The molecule has 1 aromatic carbocycles. The number of aliphatic hydroxyl groups excluding tert-OH is 1. The first-order chi connectivity index (χ1) is 7.11. The summed E-state index contributed by atoms with van der Waals surface area (Å²) in [4.78, 5) is 11.4. The minimum absolute atomic E-state index is 0.0543. The number of amides is 1. The van der Waals surface area contributed by atoms with Crippen molar-refractivity contribution in [1.82, 2.24) is 5.32 Å². The maximum absolute atomic E-state index is 11.4. The number of aliphatic hydroxyl groups is 1. The van der Waals surface area contributed by atoms with E-state index in [0.717, 1.165) is 5.56 Å². The van der Waals surface area contributed by atoms with Crippen LogP contribution in [0.2, 0.25) is 5.02 Å². The Balaban J connectivity index is 2.51. The minimum atomic E-state index is -0.211. The second-order valence-corrected chi connectivity index (χ2v) is 3.89. The van der Waals surface area contributed by atoms with Gasteiger partial charge in [0.15, 0.2) is 0 Å². The third-order valence-corrected chi connectivity index (χ3v) is 2.17. The van der Waals surface area contributed by atoms with E-state index in [-0.39, 0.29) is 25.0 Å². The van der Waals surface area contributed by atoms with E-state index in [1.807, 2.05) is 6.07 Å². The molecular formula is C11H14ClNO2. The summed E-state index contributed by atoms with van der Waals surface area (Å²) < 4.78 is 0. The largest absolute Gasteiger partial charge is 0.394 e. The molecule has 0 aliphatic carbocycles. The van der Waals surface area contributed by atoms with Crippen molar-refractivity contribution in [3.05, 3.63) is 34.9 Å². The summed E-state index contributed by atoms with van der Waals surface area (Å²) in [5.74, 6) is -0.112. The molecule has 1 atom stereocenters. The first kappa shape index (κ1) is 12.0. The van der Waals surface area contributed by atoms with Gasteiger partial charge in [-0.25, -0.2) is 0 Å². The zero-order valence-electron chi connectivity index (χ0n) is 8.53. The van der Waals surface area contributed by atoms with Crippen molar-refractivity contribution in [2.24, 2.45) is 0 Å². The zero-order valence-corrected chi connectivity index (χ0v) is 9.29. The monoisotopic (exact) mass is 227 g/mol. The number of carbonyl (C=O) groups excluding carboxylic acids is 1. The van der Waals surface area contributed by atoms with E-state index in [9.17, 15) is 4.79 Å². The molecule has 4 heteroatoms. The topological polar surface area (TPSA) is 49.3 Å². The lowest BCUT2D eigenvalue weighted by atomic mass is 10.1. The van der Waals surface area contributed by atoms with Crippen molar-refractivity contribution in [2.45, 2.75) is 19.4 Å². The van der Waals surface area contributed by atoms with E-state index >= 15 is 0 Å².